The maximum Gasteiger partial charge on any atom is 0.278 e. The van der Waals surface area contributed by atoms with E-state index in [0.29, 0.717) is 34.5 Å². The predicted molar refractivity (Wildman–Crippen MR) is 165 cm³/mol. The number of rotatable bonds is 7. The van der Waals surface area contributed by atoms with Crippen LogP contribution in [0.15, 0.2) is 60.0 Å². The van der Waals surface area contributed by atoms with Crippen molar-refractivity contribution >= 4 is 28.4 Å². The Labute approximate surface area is 246 Å². The Kier molecular flexibility index (Phi) is 6.33. The molecular weight excluding hydrogens is 528 g/mol. The number of aliphatic hydroxyl groups is 1. The lowest BCUT2D eigenvalue weighted by Crippen LogP contribution is -2.48. The van der Waals surface area contributed by atoms with E-state index in [0.717, 1.165) is 63.1 Å². The van der Waals surface area contributed by atoms with Crippen LogP contribution in [0.2, 0.25) is 0 Å². The minimum Gasteiger partial charge on any atom is -0.386 e. The zero-order valence-electron chi connectivity index (χ0n) is 25.3. The summed E-state index contributed by atoms with van der Waals surface area (Å²) >= 11 is 0. The Morgan fingerprint density at radius 1 is 1.12 bits per heavy atom. The monoisotopic (exact) mass is 567 g/mol. The van der Waals surface area contributed by atoms with Gasteiger partial charge in [-0.3, -0.25) is 9.69 Å². The van der Waals surface area contributed by atoms with E-state index in [4.69, 9.17) is 11.3 Å². The molecule has 3 aromatic heterocycles. The number of nitrogens with zero attached hydrogens (tertiary/aromatic N) is 7. The summed E-state index contributed by atoms with van der Waals surface area (Å²) in [4.78, 5) is 32.3. The molecule has 4 aromatic rings. The van der Waals surface area contributed by atoms with Crippen LogP contribution in [0.4, 0.5) is 17.3 Å². The fourth-order valence-corrected chi connectivity index (χ4v) is 6.37. The van der Waals surface area contributed by atoms with Gasteiger partial charge in [0.25, 0.3) is 5.56 Å². The SMILES string of the molecule is [2H][C@]1(O)c2nc(-n3c4nc(Nc5ccc(N6CCN(C(C)C)CC6)cc5)ncc4c(=O)n3CC=C)ccc2CCC12CC2. The summed E-state index contributed by atoms with van der Waals surface area (Å²) < 4.78 is 12.0. The number of benzene rings is 1. The van der Waals surface area contributed by atoms with E-state index in [2.05, 4.69) is 52.7 Å². The van der Waals surface area contributed by atoms with Crippen molar-refractivity contribution < 1.29 is 6.48 Å². The topological polar surface area (TPSA) is 104 Å². The lowest BCUT2D eigenvalue weighted by atomic mass is 9.82. The second kappa shape index (κ2) is 10.4. The number of aromatic nitrogens is 5. The molecule has 3 aliphatic rings. The number of aryl methyl sites for hydroxylation is 1. The van der Waals surface area contributed by atoms with Crippen LogP contribution >= 0.6 is 0 Å². The number of allylic oxidation sites excluding steroid dienone is 1. The van der Waals surface area contributed by atoms with Crippen LogP contribution in [-0.4, -0.2) is 66.5 Å². The Morgan fingerprint density at radius 3 is 2.57 bits per heavy atom. The van der Waals surface area contributed by atoms with Gasteiger partial charge in [-0.05, 0) is 75.4 Å². The number of pyridine rings is 1. The van der Waals surface area contributed by atoms with Crippen molar-refractivity contribution in [3.8, 4) is 5.82 Å². The van der Waals surface area contributed by atoms with Crippen molar-refractivity contribution in [2.75, 3.05) is 36.4 Å². The number of nitrogens with one attached hydrogen (secondary N) is 1. The van der Waals surface area contributed by atoms with E-state index in [1.807, 2.05) is 24.3 Å². The van der Waals surface area contributed by atoms with E-state index >= 15 is 0 Å². The highest BCUT2D eigenvalue weighted by molar-refractivity contribution is 5.77. The van der Waals surface area contributed by atoms with Crippen LogP contribution in [0.3, 0.4) is 0 Å². The van der Waals surface area contributed by atoms with Gasteiger partial charge in [0.05, 0.1) is 13.6 Å². The first kappa shape index (κ1) is 25.7. The Bertz CT molecular complexity index is 1750. The molecule has 10 heteroatoms. The van der Waals surface area contributed by atoms with E-state index in [1.165, 1.54) is 16.6 Å². The fourth-order valence-electron chi connectivity index (χ4n) is 6.37. The zero-order chi connectivity index (χ0) is 29.9. The van der Waals surface area contributed by atoms with Gasteiger partial charge in [-0.25, -0.2) is 19.3 Å². The van der Waals surface area contributed by atoms with Gasteiger partial charge in [-0.2, -0.15) is 4.98 Å². The quantitative estimate of drug-likeness (QED) is 0.321. The molecule has 1 saturated carbocycles. The highest BCUT2D eigenvalue weighted by Crippen LogP contribution is 2.60. The van der Waals surface area contributed by atoms with Gasteiger partial charge in [0, 0.05) is 55.2 Å². The first-order chi connectivity index (χ1) is 20.7. The molecule has 0 amide bonds. The summed E-state index contributed by atoms with van der Waals surface area (Å²) in [5, 5.41) is 14.9. The molecule has 2 N–H and O–H groups in total. The lowest BCUT2D eigenvalue weighted by molar-refractivity contribution is 0.0734. The van der Waals surface area contributed by atoms with E-state index < -0.39 is 11.5 Å². The first-order valence-electron chi connectivity index (χ1n) is 15.4. The number of anilines is 3. The van der Waals surface area contributed by atoms with E-state index in [9.17, 15) is 9.90 Å². The molecule has 1 saturated heterocycles. The smallest absolute Gasteiger partial charge is 0.278 e. The molecule has 0 radical (unpaired) electrons. The molecule has 1 atom stereocenters. The summed E-state index contributed by atoms with van der Waals surface area (Å²) in [6.45, 7) is 12.7. The van der Waals surface area contributed by atoms with Crippen LogP contribution in [0, 0.1) is 5.41 Å². The van der Waals surface area contributed by atoms with Gasteiger partial charge < -0.3 is 15.3 Å². The van der Waals surface area contributed by atoms with Crippen molar-refractivity contribution in [1.29, 1.82) is 0 Å². The van der Waals surface area contributed by atoms with Crippen molar-refractivity contribution in [2.24, 2.45) is 5.41 Å². The molecule has 2 aliphatic carbocycles. The summed E-state index contributed by atoms with van der Waals surface area (Å²) in [5.74, 6) is 0.768. The molecule has 1 aliphatic heterocycles. The highest BCUT2D eigenvalue weighted by Gasteiger charge is 2.52. The third-order valence-corrected chi connectivity index (χ3v) is 9.14. The Morgan fingerprint density at radius 2 is 1.88 bits per heavy atom. The van der Waals surface area contributed by atoms with Crippen molar-refractivity contribution in [1.82, 2.24) is 29.2 Å². The summed E-state index contributed by atoms with van der Waals surface area (Å²) in [5.41, 5.74) is 2.96. The normalized spacial score (nSPS) is 21.9. The van der Waals surface area contributed by atoms with Crippen LogP contribution < -0.4 is 15.8 Å². The maximum absolute atomic E-state index is 13.4. The summed E-state index contributed by atoms with van der Waals surface area (Å²) in [7, 11) is 0. The minimum absolute atomic E-state index is 0.235. The summed E-state index contributed by atoms with van der Waals surface area (Å²) in [6.07, 6.45) is 4.62. The Balaban J connectivity index is 1.21. The molecule has 1 aromatic carbocycles. The van der Waals surface area contributed by atoms with Crippen molar-refractivity contribution in [3.05, 3.63) is 76.9 Å². The van der Waals surface area contributed by atoms with Crippen LogP contribution in [0.25, 0.3) is 16.9 Å². The van der Waals surface area contributed by atoms with Crippen LogP contribution in [0.1, 0.15) is 51.8 Å². The average Bonchev–Trinajstić information content (AvgIpc) is 3.76. The minimum atomic E-state index is -1.76. The predicted octanol–water partition coefficient (Wildman–Crippen LogP) is 4.20. The molecule has 42 heavy (non-hydrogen) atoms. The molecule has 7 rings (SSSR count). The van der Waals surface area contributed by atoms with Crippen LogP contribution in [-0.2, 0) is 13.0 Å². The van der Waals surface area contributed by atoms with Crippen LogP contribution in [0.5, 0.6) is 0 Å². The highest BCUT2D eigenvalue weighted by atomic mass is 16.3. The number of hydrogen-bond acceptors (Lipinski definition) is 8. The lowest BCUT2D eigenvalue weighted by Gasteiger charge is -2.38. The van der Waals surface area contributed by atoms with Crippen molar-refractivity contribution in [3.63, 3.8) is 0 Å². The second-order valence-corrected chi connectivity index (χ2v) is 12.0. The molecular formula is C32H38N8O2. The van der Waals surface area contributed by atoms with Gasteiger partial charge in [-0.1, -0.05) is 12.1 Å². The Hall–Kier alpha value is -4.02. The summed E-state index contributed by atoms with van der Waals surface area (Å²) in [6, 6.07) is 12.5. The first-order valence-corrected chi connectivity index (χ1v) is 14.9. The van der Waals surface area contributed by atoms with Gasteiger partial charge in [0.1, 0.15) is 11.5 Å². The number of hydrogen-bond donors (Lipinski definition) is 2. The molecule has 4 heterocycles. The molecule has 0 bridgehead atoms. The van der Waals surface area contributed by atoms with E-state index in [-0.39, 0.29) is 12.1 Å². The zero-order valence-corrected chi connectivity index (χ0v) is 24.3. The molecule has 218 valence electrons. The number of fused-ring (bicyclic) bond motifs is 2. The second-order valence-electron chi connectivity index (χ2n) is 12.0. The molecule has 1 spiro atoms. The van der Waals surface area contributed by atoms with Gasteiger partial charge in [-0.15, -0.1) is 6.58 Å². The largest absolute Gasteiger partial charge is 0.386 e. The van der Waals surface area contributed by atoms with E-state index in [1.54, 1.807) is 10.8 Å². The maximum atomic E-state index is 13.4. The fraction of sp³-hybridized carbons (Fsp3) is 0.438. The molecule has 2 fully saturated rings. The standard InChI is InChI=1S/C32H38N8O2/c1-4-15-39-30(42)25-20-33-31(34-23-6-8-24(9-7-23)38-18-16-37(17-19-38)21(2)3)36-29(25)40(39)26-10-5-22-11-12-32(13-14-32)28(41)27(22)35-26/h4-10,20-21,28,41H,1,11-19H2,2-3H3,(H,33,34,36)/t28-/m0/s1/i28D. The third kappa shape index (κ3) is 4.59. The van der Waals surface area contributed by atoms with Gasteiger partial charge >= 0.3 is 0 Å². The third-order valence-electron chi connectivity index (χ3n) is 9.14. The van der Waals surface area contributed by atoms with Gasteiger partial charge in [0.15, 0.2) is 11.5 Å². The average molecular weight is 568 g/mol. The number of piperazine rings is 1. The molecule has 0 unspecified atom stereocenters. The van der Waals surface area contributed by atoms with Crippen molar-refractivity contribution in [2.45, 2.75) is 58.2 Å². The van der Waals surface area contributed by atoms with Gasteiger partial charge in [0.2, 0.25) is 5.95 Å². The molecule has 10 nitrogen and oxygen atoms in total.